The Bertz CT molecular complexity index is 514. The maximum absolute atomic E-state index is 11.3. The molecule has 1 fully saturated rings. The van der Waals surface area contributed by atoms with E-state index in [0.29, 0.717) is 5.17 Å². The largest absolute Gasteiger partial charge is 0.303 e. The molecule has 1 atom stereocenters. The van der Waals surface area contributed by atoms with E-state index in [2.05, 4.69) is 27.7 Å². The van der Waals surface area contributed by atoms with Gasteiger partial charge in [0, 0.05) is 16.4 Å². The number of nitrogens with one attached hydrogen (secondary N) is 1. The average molecular weight is 293 g/mol. The van der Waals surface area contributed by atoms with Crippen molar-refractivity contribution < 1.29 is 4.79 Å². The van der Waals surface area contributed by atoms with E-state index < -0.39 is 0 Å². The predicted octanol–water partition coefficient (Wildman–Crippen LogP) is 2.76. The Hall–Kier alpha value is -1.27. The van der Waals surface area contributed by atoms with Crippen LogP contribution in [-0.4, -0.2) is 27.8 Å². The number of carbonyl (C=O) groups is 1. The molecule has 0 spiro atoms. The van der Waals surface area contributed by atoms with Gasteiger partial charge in [-0.1, -0.05) is 30.0 Å². The van der Waals surface area contributed by atoms with Gasteiger partial charge in [-0.2, -0.15) is 5.10 Å². The van der Waals surface area contributed by atoms with Crippen LogP contribution < -0.4 is 5.32 Å². The van der Waals surface area contributed by atoms with Gasteiger partial charge in [-0.25, -0.2) is 0 Å². The van der Waals surface area contributed by atoms with Crippen LogP contribution in [-0.2, 0) is 4.79 Å². The zero-order chi connectivity index (χ0) is 13.7. The van der Waals surface area contributed by atoms with Crippen molar-refractivity contribution in [3.8, 4) is 0 Å². The van der Waals surface area contributed by atoms with Gasteiger partial charge in [0.2, 0.25) is 5.91 Å². The van der Waals surface area contributed by atoms with Crippen molar-refractivity contribution in [3.63, 3.8) is 0 Å². The van der Waals surface area contributed by atoms with E-state index in [4.69, 9.17) is 0 Å². The number of hydrogen-bond acceptors (Lipinski definition) is 5. The van der Waals surface area contributed by atoms with E-state index in [1.54, 1.807) is 11.8 Å². The minimum absolute atomic E-state index is 0.00439. The molecule has 0 aromatic heterocycles. The van der Waals surface area contributed by atoms with Gasteiger partial charge in [-0.05, 0) is 26.0 Å². The summed E-state index contributed by atoms with van der Waals surface area (Å²) in [5, 5.41) is 11.4. The lowest BCUT2D eigenvalue weighted by Gasteiger charge is -1.99. The van der Waals surface area contributed by atoms with E-state index >= 15 is 0 Å². The molecule has 1 amide bonds. The third-order valence-electron chi connectivity index (χ3n) is 2.39. The van der Waals surface area contributed by atoms with Gasteiger partial charge in [0.05, 0.1) is 5.25 Å². The van der Waals surface area contributed by atoms with Crippen LogP contribution in [0.1, 0.15) is 13.8 Å². The maximum Gasteiger partial charge on any atom is 0.239 e. The Labute approximate surface area is 121 Å². The SMILES string of the molecule is C/C(CSc1ccccc1)=N/N=C1/NC(=O)C(C)S1. The van der Waals surface area contributed by atoms with Crippen LogP contribution in [0.4, 0.5) is 0 Å². The molecule has 1 heterocycles. The number of benzene rings is 1. The summed E-state index contributed by atoms with van der Waals surface area (Å²) in [7, 11) is 0. The normalized spacial score (nSPS) is 21.8. The van der Waals surface area contributed by atoms with Gasteiger partial charge in [-0.15, -0.1) is 16.9 Å². The first-order valence-corrected chi connectivity index (χ1v) is 7.78. The number of amidine groups is 1. The van der Waals surface area contributed by atoms with Gasteiger partial charge in [-0.3, -0.25) is 4.79 Å². The van der Waals surface area contributed by atoms with Crippen LogP contribution in [0.5, 0.6) is 0 Å². The molecule has 1 N–H and O–H groups in total. The summed E-state index contributed by atoms with van der Waals surface area (Å²) in [6.07, 6.45) is 0. The standard InChI is InChI=1S/C13H15N3OS2/c1-9(8-18-11-6-4-3-5-7-11)15-16-13-14-12(17)10(2)19-13/h3-7,10H,8H2,1-2H3,(H,14,16,17)/b15-9-. The summed E-state index contributed by atoms with van der Waals surface area (Å²) in [5.74, 6) is 0.782. The molecule has 1 aliphatic rings. The zero-order valence-corrected chi connectivity index (χ0v) is 12.4. The van der Waals surface area contributed by atoms with E-state index in [0.717, 1.165) is 11.5 Å². The van der Waals surface area contributed by atoms with Crippen molar-refractivity contribution in [2.24, 2.45) is 10.2 Å². The number of carbonyl (C=O) groups excluding carboxylic acids is 1. The summed E-state index contributed by atoms with van der Waals surface area (Å²) >= 11 is 3.12. The molecule has 6 heteroatoms. The maximum atomic E-state index is 11.3. The van der Waals surface area contributed by atoms with Crippen molar-refractivity contribution in [1.29, 1.82) is 0 Å². The fourth-order valence-corrected chi connectivity index (χ4v) is 2.90. The molecule has 1 saturated heterocycles. The Kier molecular flexibility index (Phi) is 5.04. The molecule has 1 unspecified atom stereocenters. The molecule has 0 radical (unpaired) electrons. The number of thioether (sulfide) groups is 2. The molecule has 0 aliphatic carbocycles. The van der Waals surface area contributed by atoms with Crippen LogP contribution >= 0.6 is 23.5 Å². The second-order valence-electron chi connectivity index (χ2n) is 4.09. The Morgan fingerprint density at radius 3 is 2.79 bits per heavy atom. The van der Waals surface area contributed by atoms with Gasteiger partial charge in [0.1, 0.15) is 0 Å². The van der Waals surface area contributed by atoms with E-state index in [9.17, 15) is 4.79 Å². The molecule has 19 heavy (non-hydrogen) atoms. The van der Waals surface area contributed by atoms with Crippen LogP contribution in [0.3, 0.4) is 0 Å². The van der Waals surface area contributed by atoms with Crippen molar-refractivity contribution in [3.05, 3.63) is 30.3 Å². The smallest absolute Gasteiger partial charge is 0.239 e. The molecule has 4 nitrogen and oxygen atoms in total. The summed E-state index contributed by atoms with van der Waals surface area (Å²) in [5.41, 5.74) is 0.927. The molecule has 0 saturated carbocycles. The fourth-order valence-electron chi connectivity index (χ4n) is 1.37. The number of rotatable bonds is 4. The molecular weight excluding hydrogens is 278 g/mol. The van der Waals surface area contributed by atoms with Gasteiger partial charge in [0.15, 0.2) is 5.17 Å². The average Bonchev–Trinajstić information content (AvgIpc) is 2.74. The fraction of sp³-hybridized carbons (Fsp3) is 0.308. The van der Waals surface area contributed by atoms with Crippen molar-refractivity contribution in [1.82, 2.24) is 5.32 Å². The number of hydrogen-bond donors (Lipinski definition) is 1. The third kappa shape index (κ3) is 4.40. The zero-order valence-electron chi connectivity index (χ0n) is 10.8. The number of nitrogens with zero attached hydrogens (tertiary/aromatic N) is 2. The first kappa shape index (κ1) is 14.1. The molecule has 1 aromatic carbocycles. The first-order valence-electron chi connectivity index (χ1n) is 5.91. The highest BCUT2D eigenvalue weighted by molar-refractivity contribution is 8.15. The van der Waals surface area contributed by atoms with Gasteiger partial charge in [0.25, 0.3) is 0 Å². The van der Waals surface area contributed by atoms with Crippen molar-refractivity contribution in [2.45, 2.75) is 24.0 Å². The van der Waals surface area contributed by atoms with Crippen molar-refractivity contribution >= 4 is 40.3 Å². The minimum atomic E-state index is -0.0760. The second kappa shape index (κ2) is 6.77. The molecule has 1 aliphatic heterocycles. The van der Waals surface area contributed by atoms with E-state index in [-0.39, 0.29) is 11.2 Å². The van der Waals surface area contributed by atoms with Crippen LogP contribution in [0.25, 0.3) is 0 Å². The van der Waals surface area contributed by atoms with Crippen LogP contribution in [0.15, 0.2) is 45.4 Å². The lowest BCUT2D eigenvalue weighted by Crippen LogP contribution is -2.23. The van der Waals surface area contributed by atoms with E-state index in [1.165, 1.54) is 16.7 Å². The first-order chi connectivity index (χ1) is 9.15. The predicted molar refractivity (Wildman–Crippen MR) is 82.9 cm³/mol. The third-order valence-corrected chi connectivity index (χ3v) is 4.53. The van der Waals surface area contributed by atoms with Crippen LogP contribution in [0.2, 0.25) is 0 Å². The topological polar surface area (TPSA) is 53.8 Å². The van der Waals surface area contributed by atoms with Gasteiger partial charge < -0.3 is 5.32 Å². The summed E-state index contributed by atoms with van der Waals surface area (Å²) < 4.78 is 0. The highest BCUT2D eigenvalue weighted by atomic mass is 32.2. The highest BCUT2D eigenvalue weighted by Gasteiger charge is 2.25. The summed E-state index contributed by atoms with van der Waals surface area (Å²) in [4.78, 5) is 12.5. The van der Waals surface area contributed by atoms with Crippen LogP contribution in [0, 0.1) is 0 Å². The molecule has 0 bridgehead atoms. The van der Waals surface area contributed by atoms with Gasteiger partial charge >= 0.3 is 0 Å². The molecule has 2 rings (SSSR count). The molecule has 100 valence electrons. The molecular formula is C13H15N3OS2. The summed E-state index contributed by atoms with van der Waals surface area (Å²) in [6, 6.07) is 10.2. The Morgan fingerprint density at radius 1 is 1.42 bits per heavy atom. The summed E-state index contributed by atoms with van der Waals surface area (Å²) in [6.45, 7) is 3.79. The second-order valence-corrected chi connectivity index (χ2v) is 6.47. The molecule has 1 aromatic rings. The minimum Gasteiger partial charge on any atom is -0.303 e. The van der Waals surface area contributed by atoms with E-state index in [1.807, 2.05) is 32.0 Å². The van der Waals surface area contributed by atoms with Crippen molar-refractivity contribution in [2.75, 3.05) is 5.75 Å². The highest BCUT2D eigenvalue weighted by Crippen LogP contribution is 2.19. The Balaban J connectivity index is 1.86. The lowest BCUT2D eigenvalue weighted by atomic mass is 10.4. The quantitative estimate of drug-likeness (QED) is 0.527. The monoisotopic (exact) mass is 293 g/mol. The lowest BCUT2D eigenvalue weighted by molar-refractivity contribution is -0.118. The Morgan fingerprint density at radius 2 is 2.16 bits per heavy atom. The number of amides is 1.